The third-order valence-corrected chi connectivity index (χ3v) is 11.0. The zero-order valence-electron chi connectivity index (χ0n) is 31.0. The number of anilines is 1. The van der Waals surface area contributed by atoms with Gasteiger partial charge in [-0.3, -0.25) is 19.2 Å². The zero-order valence-corrected chi connectivity index (χ0v) is 32.6. The number of pyridine rings is 1. The molecule has 6 rings (SSSR count). The van der Waals surface area contributed by atoms with Crippen LogP contribution in [0.2, 0.25) is 0 Å². The van der Waals surface area contributed by atoms with Gasteiger partial charge in [-0.15, -0.1) is 0 Å². The average Bonchev–Trinajstić information content (AvgIpc) is 3.47. The lowest BCUT2D eigenvalue weighted by Crippen LogP contribution is -2.40. The molecular formula is C39H42N4O12S2. The number of nitrogens with zero attached hydrogens (tertiary/aromatic N) is 4. The maximum atomic E-state index is 14.1. The monoisotopic (exact) mass is 822 g/mol. The third kappa shape index (κ3) is 11.6. The number of carbonyl (C=O) groups is 5. The Morgan fingerprint density at radius 3 is 1.53 bits per heavy atom. The number of imide groups is 1. The molecule has 0 atom stereocenters. The summed E-state index contributed by atoms with van der Waals surface area (Å²) >= 11 is 2.27. The van der Waals surface area contributed by atoms with Crippen LogP contribution in [0.1, 0.15) is 20.7 Å². The molecule has 57 heavy (non-hydrogen) atoms. The molecule has 0 saturated carbocycles. The predicted molar refractivity (Wildman–Crippen MR) is 207 cm³/mol. The number of carboxylic acids is 1. The van der Waals surface area contributed by atoms with Crippen molar-refractivity contribution in [2.45, 2.75) is 9.79 Å². The normalized spacial score (nSPS) is 16.0. The molecule has 0 spiro atoms. The Kier molecular flexibility index (Phi) is 15.5. The third-order valence-electron chi connectivity index (χ3n) is 8.67. The zero-order chi connectivity index (χ0) is 40.0. The molecule has 3 aliphatic heterocycles. The number of hydrogen-bond donors (Lipinski definition) is 1. The van der Waals surface area contributed by atoms with Gasteiger partial charge in [0.15, 0.2) is 0 Å². The van der Waals surface area contributed by atoms with E-state index < -0.39 is 17.8 Å². The van der Waals surface area contributed by atoms with Gasteiger partial charge >= 0.3 is 5.97 Å². The number of aromatic nitrogens is 1. The molecule has 4 amide bonds. The molecule has 2 aromatic carbocycles. The lowest BCUT2D eigenvalue weighted by Gasteiger charge is -2.26. The lowest BCUT2D eigenvalue weighted by atomic mass is 10.2. The van der Waals surface area contributed by atoms with Crippen molar-refractivity contribution in [1.29, 1.82) is 0 Å². The van der Waals surface area contributed by atoms with E-state index in [1.807, 2.05) is 0 Å². The van der Waals surface area contributed by atoms with E-state index in [-0.39, 0.29) is 66.2 Å². The van der Waals surface area contributed by atoms with E-state index >= 15 is 0 Å². The van der Waals surface area contributed by atoms with Crippen molar-refractivity contribution in [2.75, 3.05) is 104 Å². The highest BCUT2D eigenvalue weighted by Crippen LogP contribution is 2.44. The molecule has 302 valence electrons. The summed E-state index contributed by atoms with van der Waals surface area (Å²) in [4.78, 5) is 75.2. The number of morpholine rings is 2. The standard InChI is InChI=1S/C39H42N4O12S2/c44-33(45)26-54-22-21-52-19-20-53-23-24-55-32-10-5-29(25-40-32)43-38(48)34(56-30-6-1-27(2-7-30)36(46)41-11-15-50-16-12-41)35(39(43)49)57-31-8-3-28(4-9-31)37(47)42-13-17-51-18-14-42/h1-10,25H,11-24,26H2,(H,44,45). The van der Waals surface area contributed by atoms with E-state index in [1.54, 1.807) is 70.5 Å². The summed E-state index contributed by atoms with van der Waals surface area (Å²) in [6.07, 6.45) is 1.39. The van der Waals surface area contributed by atoms with Crippen molar-refractivity contribution in [2.24, 2.45) is 0 Å². The Bertz CT molecular complexity index is 1800. The first kappa shape index (κ1) is 41.8. The predicted octanol–water partition coefficient (Wildman–Crippen LogP) is 3.21. The highest BCUT2D eigenvalue weighted by atomic mass is 32.2. The summed E-state index contributed by atoms with van der Waals surface area (Å²) in [5, 5.41) is 8.55. The Hall–Kier alpha value is -4.82. The van der Waals surface area contributed by atoms with E-state index in [2.05, 4.69) is 4.98 Å². The summed E-state index contributed by atoms with van der Waals surface area (Å²) in [5.41, 5.74) is 1.28. The second kappa shape index (κ2) is 21.1. The summed E-state index contributed by atoms with van der Waals surface area (Å²) in [7, 11) is 0. The van der Waals surface area contributed by atoms with Crippen molar-refractivity contribution >= 4 is 58.8 Å². The molecule has 0 bridgehead atoms. The van der Waals surface area contributed by atoms with E-state index in [4.69, 9.17) is 33.5 Å². The van der Waals surface area contributed by atoms with Crippen LogP contribution in [0.25, 0.3) is 0 Å². The van der Waals surface area contributed by atoms with Gasteiger partial charge in [0.2, 0.25) is 5.88 Å². The van der Waals surface area contributed by atoms with Gasteiger partial charge < -0.3 is 43.3 Å². The van der Waals surface area contributed by atoms with E-state index in [1.165, 1.54) is 6.20 Å². The van der Waals surface area contributed by atoms with E-state index in [0.29, 0.717) is 86.7 Å². The van der Waals surface area contributed by atoms with Crippen LogP contribution in [0.15, 0.2) is 86.5 Å². The van der Waals surface area contributed by atoms with Gasteiger partial charge in [-0.25, -0.2) is 14.7 Å². The van der Waals surface area contributed by atoms with Crippen molar-refractivity contribution in [1.82, 2.24) is 14.8 Å². The minimum Gasteiger partial charge on any atom is -0.480 e. The first-order valence-electron chi connectivity index (χ1n) is 18.3. The maximum Gasteiger partial charge on any atom is 0.329 e. The molecule has 18 heteroatoms. The Balaban J connectivity index is 1.10. The first-order valence-corrected chi connectivity index (χ1v) is 19.9. The van der Waals surface area contributed by atoms with Crippen LogP contribution in [0.4, 0.5) is 5.69 Å². The number of hydrogen-bond acceptors (Lipinski definition) is 14. The summed E-state index contributed by atoms with van der Waals surface area (Å²) in [6.45, 7) is 5.10. The highest BCUT2D eigenvalue weighted by molar-refractivity contribution is 8.08. The molecule has 2 fully saturated rings. The summed E-state index contributed by atoms with van der Waals surface area (Å²) < 4.78 is 32.1. The Labute approximate surface area is 337 Å². The number of aliphatic carboxylic acids is 1. The van der Waals surface area contributed by atoms with Gasteiger partial charge in [0.25, 0.3) is 23.6 Å². The lowest BCUT2D eigenvalue weighted by molar-refractivity contribution is -0.142. The highest BCUT2D eigenvalue weighted by Gasteiger charge is 2.41. The van der Waals surface area contributed by atoms with Crippen molar-refractivity contribution in [3.05, 3.63) is 87.8 Å². The van der Waals surface area contributed by atoms with Crippen LogP contribution in [0, 0.1) is 0 Å². The number of rotatable bonds is 19. The van der Waals surface area contributed by atoms with Crippen molar-refractivity contribution in [3.8, 4) is 5.88 Å². The second-order valence-corrected chi connectivity index (χ2v) is 14.7. The van der Waals surface area contributed by atoms with Crippen molar-refractivity contribution < 1.29 is 57.5 Å². The fourth-order valence-corrected chi connectivity index (χ4v) is 7.75. The van der Waals surface area contributed by atoms with Gasteiger partial charge in [0.1, 0.15) is 13.2 Å². The fraction of sp³-hybridized carbons (Fsp3) is 0.385. The van der Waals surface area contributed by atoms with Crippen LogP contribution in [0.3, 0.4) is 0 Å². The fourth-order valence-electron chi connectivity index (χ4n) is 5.76. The molecule has 0 aliphatic carbocycles. The number of carbonyl (C=O) groups excluding carboxylic acids is 4. The van der Waals surface area contributed by atoms with Crippen LogP contribution in [-0.4, -0.2) is 148 Å². The smallest absolute Gasteiger partial charge is 0.329 e. The molecule has 0 unspecified atom stereocenters. The molecule has 1 N–H and O–H groups in total. The van der Waals surface area contributed by atoms with E-state index in [9.17, 15) is 24.0 Å². The number of amides is 4. The minimum atomic E-state index is -1.04. The quantitative estimate of drug-likeness (QED) is 0.137. The van der Waals surface area contributed by atoms with Gasteiger partial charge in [0.05, 0.1) is 81.2 Å². The summed E-state index contributed by atoms with van der Waals surface area (Å²) in [6, 6.07) is 17.0. The molecule has 3 aromatic rings. The maximum absolute atomic E-state index is 14.1. The molecule has 4 heterocycles. The summed E-state index contributed by atoms with van der Waals surface area (Å²) in [5.74, 6) is -2.03. The number of carboxylic acid groups (broad SMARTS) is 1. The van der Waals surface area contributed by atoms with Crippen LogP contribution < -0.4 is 9.64 Å². The average molecular weight is 823 g/mol. The number of ether oxygens (including phenoxy) is 6. The number of thioether (sulfide) groups is 2. The largest absolute Gasteiger partial charge is 0.480 e. The molecular weight excluding hydrogens is 781 g/mol. The van der Waals surface area contributed by atoms with Crippen LogP contribution >= 0.6 is 23.5 Å². The molecule has 0 radical (unpaired) electrons. The van der Waals surface area contributed by atoms with Crippen LogP contribution in [-0.2, 0) is 38.1 Å². The topological polar surface area (TPSA) is 184 Å². The second-order valence-electron chi connectivity index (χ2n) is 12.5. The van der Waals surface area contributed by atoms with E-state index in [0.717, 1.165) is 28.4 Å². The van der Waals surface area contributed by atoms with Gasteiger partial charge in [-0.1, -0.05) is 23.5 Å². The Morgan fingerprint density at radius 1 is 0.632 bits per heavy atom. The van der Waals surface area contributed by atoms with Crippen LogP contribution in [0.5, 0.6) is 5.88 Å². The minimum absolute atomic E-state index is 0.101. The molecule has 16 nitrogen and oxygen atoms in total. The number of benzene rings is 2. The van der Waals surface area contributed by atoms with Crippen molar-refractivity contribution in [3.63, 3.8) is 0 Å². The molecule has 3 aliphatic rings. The molecule has 2 saturated heterocycles. The van der Waals surface area contributed by atoms with Gasteiger partial charge in [-0.05, 0) is 54.6 Å². The first-order chi connectivity index (χ1) is 27.8. The Morgan fingerprint density at radius 2 is 1.09 bits per heavy atom. The van der Waals surface area contributed by atoms with Gasteiger partial charge in [-0.2, -0.15) is 0 Å². The van der Waals surface area contributed by atoms with Gasteiger partial charge in [0, 0.05) is 53.2 Å². The SMILES string of the molecule is O=C(O)COCCOCCOCCOc1ccc(N2C(=O)C(Sc3ccc(C(=O)N4CCOCC4)cc3)=C(Sc3ccc(C(=O)N4CCOCC4)cc3)C2=O)cn1. The molecule has 1 aromatic heterocycles.